The van der Waals surface area contributed by atoms with Crippen LogP contribution in [0.1, 0.15) is 6.92 Å². The highest BCUT2D eigenvalue weighted by Gasteiger charge is 2.30. The molecule has 2 rings (SSSR count). The Morgan fingerprint density at radius 3 is 2.89 bits per heavy atom. The minimum absolute atomic E-state index is 0. The van der Waals surface area contributed by atoms with Crippen LogP contribution in [0.3, 0.4) is 0 Å². The van der Waals surface area contributed by atoms with Crippen LogP contribution in [-0.4, -0.2) is 43.4 Å². The van der Waals surface area contributed by atoms with Crippen molar-refractivity contribution in [1.29, 1.82) is 0 Å². The minimum atomic E-state index is -3.58. The summed E-state index contributed by atoms with van der Waals surface area (Å²) < 4.78 is 26.0. The first kappa shape index (κ1) is 15.7. The lowest BCUT2D eigenvalue weighted by Crippen LogP contribution is -2.51. The molecule has 102 valence electrons. The Hall–Kier alpha value is -0.400. The van der Waals surface area contributed by atoms with E-state index in [4.69, 9.17) is 11.6 Å². The van der Waals surface area contributed by atoms with E-state index in [9.17, 15) is 8.42 Å². The van der Waals surface area contributed by atoms with Crippen molar-refractivity contribution in [2.45, 2.75) is 18.0 Å². The van der Waals surface area contributed by atoms with Crippen molar-refractivity contribution >= 4 is 34.0 Å². The highest BCUT2D eigenvalue weighted by atomic mass is 35.5. The first-order valence-electron chi connectivity index (χ1n) is 5.36. The number of rotatable bonds is 2. The molecule has 1 aliphatic heterocycles. The van der Waals surface area contributed by atoms with E-state index >= 15 is 0 Å². The SMILES string of the molecule is CC1CN(S(=O)(=O)c2ncccc2Cl)CCN1.Cl. The van der Waals surface area contributed by atoms with Gasteiger partial charge in [-0.1, -0.05) is 11.6 Å². The lowest BCUT2D eigenvalue weighted by molar-refractivity contribution is 0.309. The smallest absolute Gasteiger partial charge is 0.262 e. The molecule has 0 aromatic carbocycles. The number of halogens is 2. The van der Waals surface area contributed by atoms with E-state index in [1.807, 2.05) is 6.92 Å². The van der Waals surface area contributed by atoms with Gasteiger partial charge in [-0.2, -0.15) is 4.31 Å². The zero-order valence-corrected chi connectivity index (χ0v) is 12.2. The summed E-state index contributed by atoms with van der Waals surface area (Å²) in [6.45, 7) is 3.47. The van der Waals surface area contributed by atoms with E-state index in [1.165, 1.54) is 16.6 Å². The molecule has 1 saturated heterocycles. The van der Waals surface area contributed by atoms with Crippen LogP contribution >= 0.6 is 24.0 Å². The third-order valence-corrected chi connectivity index (χ3v) is 4.88. The predicted octanol–water partition coefficient (Wildman–Crippen LogP) is 1.14. The Labute approximate surface area is 118 Å². The summed E-state index contributed by atoms with van der Waals surface area (Å²) in [4.78, 5) is 3.87. The molecular weight excluding hydrogens is 297 g/mol. The van der Waals surface area contributed by atoms with Crippen molar-refractivity contribution in [3.63, 3.8) is 0 Å². The van der Waals surface area contributed by atoms with E-state index in [-0.39, 0.29) is 28.5 Å². The Balaban J connectivity index is 0.00000162. The Morgan fingerprint density at radius 1 is 1.56 bits per heavy atom. The molecule has 1 fully saturated rings. The number of hydrogen-bond acceptors (Lipinski definition) is 4. The highest BCUT2D eigenvalue weighted by Crippen LogP contribution is 2.22. The normalized spacial score (nSPS) is 21.3. The van der Waals surface area contributed by atoms with Gasteiger partial charge in [-0.15, -0.1) is 12.4 Å². The van der Waals surface area contributed by atoms with E-state index in [0.717, 1.165) is 0 Å². The quantitative estimate of drug-likeness (QED) is 0.889. The zero-order chi connectivity index (χ0) is 12.5. The Morgan fingerprint density at radius 2 is 2.28 bits per heavy atom. The van der Waals surface area contributed by atoms with Crippen LogP contribution in [0.5, 0.6) is 0 Å². The maximum Gasteiger partial charge on any atom is 0.262 e. The second kappa shape index (κ2) is 6.16. The summed E-state index contributed by atoms with van der Waals surface area (Å²) in [6.07, 6.45) is 1.43. The molecular formula is C10H15Cl2N3O2S. The molecule has 5 nitrogen and oxygen atoms in total. The van der Waals surface area contributed by atoms with Crippen molar-refractivity contribution in [1.82, 2.24) is 14.6 Å². The third-order valence-electron chi connectivity index (χ3n) is 2.64. The number of nitrogens with zero attached hydrogens (tertiary/aromatic N) is 2. The molecule has 0 amide bonds. The lowest BCUT2D eigenvalue weighted by atomic mass is 10.3. The summed E-state index contributed by atoms with van der Waals surface area (Å²) in [5.74, 6) is 0. The topological polar surface area (TPSA) is 62.3 Å². The molecule has 1 unspecified atom stereocenters. The number of aromatic nitrogens is 1. The number of sulfonamides is 1. The molecule has 1 aromatic rings. The second-order valence-corrected chi connectivity index (χ2v) is 6.27. The Kier molecular flexibility index (Phi) is 5.36. The fraction of sp³-hybridized carbons (Fsp3) is 0.500. The van der Waals surface area contributed by atoms with Crippen molar-refractivity contribution in [3.05, 3.63) is 23.4 Å². The summed E-state index contributed by atoms with van der Waals surface area (Å²) in [5, 5.41) is 3.30. The van der Waals surface area contributed by atoms with Crippen LogP contribution in [0, 0.1) is 0 Å². The number of nitrogens with one attached hydrogen (secondary N) is 1. The highest BCUT2D eigenvalue weighted by molar-refractivity contribution is 7.89. The van der Waals surface area contributed by atoms with Crippen LogP contribution in [0.15, 0.2) is 23.4 Å². The number of hydrogen-bond donors (Lipinski definition) is 1. The average molecular weight is 312 g/mol. The van der Waals surface area contributed by atoms with Crippen LogP contribution in [-0.2, 0) is 10.0 Å². The fourth-order valence-corrected chi connectivity index (χ4v) is 3.72. The molecule has 1 aromatic heterocycles. The van der Waals surface area contributed by atoms with Gasteiger partial charge in [-0.3, -0.25) is 0 Å². The third kappa shape index (κ3) is 3.13. The predicted molar refractivity (Wildman–Crippen MR) is 72.7 cm³/mol. The summed E-state index contributed by atoms with van der Waals surface area (Å²) in [7, 11) is -3.58. The summed E-state index contributed by atoms with van der Waals surface area (Å²) >= 11 is 5.88. The molecule has 2 heterocycles. The summed E-state index contributed by atoms with van der Waals surface area (Å²) in [5.41, 5.74) is 0. The van der Waals surface area contributed by atoms with E-state index < -0.39 is 10.0 Å². The maximum atomic E-state index is 12.3. The van der Waals surface area contributed by atoms with Crippen molar-refractivity contribution < 1.29 is 8.42 Å². The molecule has 0 aliphatic carbocycles. The molecule has 0 saturated carbocycles. The lowest BCUT2D eigenvalue weighted by Gasteiger charge is -2.30. The van der Waals surface area contributed by atoms with Crippen LogP contribution in [0.25, 0.3) is 0 Å². The zero-order valence-electron chi connectivity index (χ0n) is 9.84. The summed E-state index contributed by atoms with van der Waals surface area (Å²) in [6, 6.07) is 3.29. The maximum absolute atomic E-state index is 12.3. The van der Waals surface area contributed by atoms with Gasteiger partial charge in [0.2, 0.25) is 0 Å². The van der Waals surface area contributed by atoms with Crippen LogP contribution in [0.2, 0.25) is 5.02 Å². The molecule has 1 aliphatic rings. The van der Waals surface area contributed by atoms with Gasteiger partial charge in [0.25, 0.3) is 10.0 Å². The van der Waals surface area contributed by atoms with Gasteiger partial charge in [0.05, 0.1) is 5.02 Å². The van der Waals surface area contributed by atoms with Gasteiger partial charge in [-0.05, 0) is 19.1 Å². The Bertz CT molecular complexity index is 510. The second-order valence-electron chi connectivity index (χ2n) is 4.01. The van der Waals surface area contributed by atoms with Gasteiger partial charge in [-0.25, -0.2) is 13.4 Å². The van der Waals surface area contributed by atoms with Crippen LogP contribution in [0.4, 0.5) is 0 Å². The van der Waals surface area contributed by atoms with E-state index in [2.05, 4.69) is 10.3 Å². The van der Waals surface area contributed by atoms with Gasteiger partial charge in [0, 0.05) is 31.9 Å². The van der Waals surface area contributed by atoms with Crippen molar-refractivity contribution in [2.75, 3.05) is 19.6 Å². The van der Waals surface area contributed by atoms with Gasteiger partial charge >= 0.3 is 0 Å². The van der Waals surface area contributed by atoms with Gasteiger partial charge in [0.1, 0.15) is 0 Å². The fourth-order valence-electron chi connectivity index (χ4n) is 1.80. The van der Waals surface area contributed by atoms with Gasteiger partial charge < -0.3 is 5.32 Å². The van der Waals surface area contributed by atoms with Crippen molar-refractivity contribution in [2.24, 2.45) is 0 Å². The number of pyridine rings is 1. The first-order valence-corrected chi connectivity index (χ1v) is 7.17. The molecule has 8 heteroatoms. The monoisotopic (exact) mass is 311 g/mol. The minimum Gasteiger partial charge on any atom is -0.312 e. The molecule has 1 atom stereocenters. The molecule has 1 N–H and O–H groups in total. The average Bonchev–Trinajstić information content (AvgIpc) is 2.29. The molecule has 0 spiro atoms. The molecule has 0 radical (unpaired) electrons. The standard InChI is InChI=1S/C10H14ClN3O2S.ClH/c1-8-7-14(6-5-12-8)17(15,16)10-9(11)3-2-4-13-10;/h2-4,8,12H,5-7H2,1H3;1H. The van der Waals surface area contributed by atoms with E-state index in [0.29, 0.717) is 19.6 Å². The number of piperazine rings is 1. The van der Waals surface area contributed by atoms with Gasteiger partial charge in [0.15, 0.2) is 5.03 Å². The van der Waals surface area contributed by atoms with E-state index in [1.54, 1.807) is 6.07 Å². The van der Waals surface area contributed by atoms with Crippen molar-refractivity contribution in [3.8, 4) is 0 Å². The van der Waals surface area contributed by atoms with Crippen LogP contribution < -0.4 is 5.32 Å². The molecule has 18 heavy (non-hydrogen) atoms. The largest absolute Gasteiger partial charge is 0.312 e. The molecule has 0 bridgehead atoms. The first-order chi connectivity index (χ1) is 8.01.